The highest BCUT2D eigenvalue weighted by Gasteiger charge is 2.46. The van der Waals surface area contributed by atoms with Crippen molar-refractivity contribution in [2.24, 2.45) is 11.1 Å². The van der Waals surface area contributed by atoms with Gasteiger partial charge in [-0.25, -0.2) is 0 Å². The Morgan fingerprint density at radius 1 is 1.40 bits per heavy atom. The van der Waals surface area contributed by atoms with Gasteiger partial charge < -0.3 is 25.0 Å². The molecule has 6 heteroatoms. The minimum atomic E-state index is -0.605. The Hall–Kier alpha value is -0.690. The summed E-state index contributed by atoms with van der Waals surface area (Å²) in [7, 11) is 5.71. The van der Waals surface area contributed by atoms with Gasteiger partial charge in [0.2, 0.25) is 5.91 Å². The quantitative estimate of drug-likeness (QED) is 0.668. The van der Waals surface area contributed by atoms with Crippen molar-refractivity contribution in [2.75, 3.05) is 60.7 Å². The minimum absolute atomic E-state index is 0.0818. The van der Waals surface area contributed by atoms with Gasteiger partial charge in [0.05, 0.1) is 25.2 Å². The van der Waals surface area contributed by atoms with Crippen LogP contribution in [0.1, 0.15) is 13.3 Å². The molecule has 2 N–H and O–H groups in total. The fraction of sp³-hybridized carbons (Fsp3) is 0.929. The van der Waals surface area contributed by atoms with Crippen LogP contribution in [-0.2, 0) is 14.3 Å². The lowest BCUT2D eigenvalue weighted by atomic mass is 9.84. The average molecular weight is 287 g/mol. The van der Waals surface area contributed by atoms with Crippen molar-refractivity contribution in [2.45, 2.75) is 19.4 Å². The maximum absolute atomic E-state index is 12.8. The van der Waals surface area contributed by atoms with Gasteiger partial charge in [0.25, 0.3) is 0 Å². The first-order valence-corrected chi connectivity index (χ1v) is 7.18. The predicted octanol–water partition coefficient (Wildman–Crippen LogP) is -0.223. The van der Waals surface area contributed by atoms with E-state index in [4.69, 9.17) is 15.2 Å². The number of methoxy groups -OCH3 is 1. The summed E-state index contributed by atoms with van der Waals surface area (Å²) >= 11 is 0. The molecule has 1 fully saturated rings. The van der Waals surface area contributed by atoms with Crippen molar-refractivity contribution in [1.29, 1.82) is 0 Å². The Labute approximate surface area is 122 Å². The van der Waals surface area contributed by atoms with Gasteiger partial charge in [-0.15, -0.1) is 0 Å². The molecule has 0 bridgehead atoms. The van der Waals surface area contributed by atoms with Crippen LogP contribution in [0.15, 0.2) is 0 Å². The summed E-state index contributed by atoms with van der Waals surface area (Å²) in [6.45, 7) is 5.59. The smallest absolute Gasteiger partial charge is 0.232 e. The minimum Gasteiger partial charge on any atom is -0.383 e. The van der Waals surface area contributed by atoms with E-state index in [9.17, 15) is 4.79 Å². The molecule has 1 rings (SSSR count). The van der Waals surface area contributed by atoms with Crippen LogP contribution in [0, 0.1) is 5.41 Å². The second-order valence-corrected chi connectivity index (χ2v) is 5.98. The molecule has 0 saturated carbocycles. The van der Waals surface area contributed by atoms with Crippen molar-refractivity contribution in [3.63, 3.8) is 0 Å². The first-order chi connectivity index (χ1) is 9.41. The van der Waals surface area contributed by atoms with E-state index in [1.807, 2.05) is 25.9 Å². The van der Waals surface area contributed by atoms with Crippen LogP contribution in [0.5, 0.6) is 0 Å². The number of hydrogen-bond acceptors (Lipinski definition) is 5. The van der Waals surface area contributed by atoms with E-state index in [1.165, 1.54) is 0 Å². The number of nitrogens with two attached hydrogens (primary N) is 1. The molecule has 0 aromatic carbocycles. The van der Waals surface area contributed by atoms with Crippen molar-refractivity contribution >= 4 is 5.91 Å². The number of rotatable bonds is 8. The van der Waals surface area contributed by atoms with Gasteiger partial charge >= 0.3 is 0 Å². The van der Waals surface area contributed by atoms with Crippen LogP contribution in [0.4, 0.5) is 0 Å². The number of amides is 1. The summed E-state index contributed by atoms with van der Waals surface area (Å²) in [4.78, 5) is 16.7. The van der Waals surface area contributed by atoms with Gasteiger partial charge in [0.15, 0.2) is 0 Å². The predicted molar refractivity (Wildman–Crippen MR) is 78.5 cm³/mol. The van der Waals surface area contributed by atoms with E-state index in [0.717, 1.165) is 19.5 Å². The third-order valence-corrected chi connectivity index (χ3v) is 3.89. The lowest BCUT2D eigenvalue weighted by Gasteiger charge is -2.33. The van der Waals surface area contributed by atoms with Crippen LogP contribution in [0.25, 0.3) is 0 Å². The Morgan fingerprint density at radius 3 is 2.60 bits per heavy atom. The Morgan fingerprint density at radius 2 is 2.10 bits per heavy atom. The van der Waals surface area contributed by atoms with Crippen molar-refractivity contribution in [1.82, 2.24) is 9.80 Å². The molecule has 1 heterocycles. The van der Waals surface area contributed by atoms with Gasteiger partial charge in [-0.05, 0) is 34.0 Å². The van der Waals surface area contributed by atoms with E-state index in [0.29, 0.717) is 26.4 Å². The summed E-state index contributed by atoms with van der Waals surface area (Å²) in [5.41, 5.74) is 5.44. The highest BCUT2D eigenvalue weighted by Crippen LogP contribution is 2.29. The summed E-state index contributed by atoms with van der Waals surface area (Å²) in [5, 5.41) is 0. The van der Waals surface area contributed by atoms with Crippen LogP contribution in [0.2, 0.25) is 0 Å². The Balaban J connectivity index is 2.63. The topological polar surface area (TPSA) is 68.0 Å². The molecular formula is C14H29N3O3. The number of hydrogen-bond donors (Lipinski definition) is 1. The monoisotopic (exact) mass is 287 g/mol. The molecule has 1 amide bonds. The first-order valence-electron chi connectivity index (χ1n) is 7.18. The number of nitrogens with zero attached hydrogens (tertiary/aromatic N) is 2. The van der Waals surface area contributed by atoms with Crippen LogP contribution < -0.4 is 5.73 Å². The SMILES string of the molecule is COCCN(CCCN(C)C)C(=O)C1(C)COCC1N. The molecule has 0 aromatic rings. The fourth-order valence-electron chi connectivity index (χ4n) is 2.36. The molecule has 2 unspecified atom stereocenters. The maximum Gasteiger partial charge on any atom is 0.232 e. The van der Waals surface area contributed by atoms with Crippen molar-refractivity contribution in [3.8, 4) is 0 Å². The number of carbonyl (C=O) groups excluding carboxylic acids is 1. The highest BCUT2D eigenvalue weighted by molar-refractivity contribution is 5.83. The maximum atomic E-state index is 12.8. The summed E-state index contributed by atoms with van der Waals surface area (Å²) in [6, 6.07) is -0.228. The second kappa shape index (κ2) is 7.93. The van der Waals surface area contributed by atoms with Gasteiger partial charge in [0.1, 0.15) is 0 Å². The molecule has 118 valence electrons. The van der Waals surface area contributed by atoms with E-state index in [-0.39, 0.29) is 11.9 Å². The largest absolute Gasteiger partial charge is 0.383 e. The fourth-order valence-corrected chi connectivity index (χ4v) is 2.36. The van der Waals surface area contributed by atoms with Crippen LogP contribution >= 0.6 is 0 Å². The summed E-state index contributed by atoms with van der Waals surface area (Å²) in [5.74, 6) is 0.0818. The average Bonchev–Trinajstić information content (AvgIpc) is 2.74. The molecule has 0 aromatic heterocycles. The number of ether oxygens (including phenoxy) is 2. The lowest BCUT2D eigenvalue weighted by Crippen LogP contribution is -2.52. The van der Waals surface area contributed by atoms with Crippen LogP contribution in [-0.4, -0.2) is 82.4 Å². The standard InChI is InChI=1S/C14H29N3O3/c1-14(11-20-10-12(14)15)13(18)17(8-9-19-4)7-5-6-16(2)3/h12H,5-11,15H2,1-4H3. The van der Waals surface area contributed by atoms with E-state index < -0.39 is 5.41 Å². The van der Waals surface area contributed by atoms with Crippen LogP contribution in [0.3, 0.4) is 0 Å². The third kappa shape index (κ3) is 4.41. The molecular weight excluding hydrogens is 258 g/mol. The molecule has 1 aliphatic heterocycles. The summed E-state index contributed by atoms with van der Waals surface area (Å²) < 4.78 is 10.5. The van der Waals surface area contributed by atoms with Gasteiger partial charge in [-0.1, -0.05) is 0 Å². The van der Waals surface area contributed by atoms with E-state index >= 15 is 0 Å². The van der Waals surface area contributed by atoms with Gasteiger partial charge in [0, 0.05) is 26.2 Å². The van der Waals surface area contributed by atoms with Crippen molar-refractivity contribution in [3.05, 3.63) is 0 Å². The van der Waals surface area contributed by atoms with E-state index in [1.54, 1.807) is 7.11 Å². The molecule has 2 atom stereocenters. The number of carbonyl (C=O) groups is 1. The molecule has 0 radical (unpaired) electrons. The molecule has 0 spiro atoms. The third-order valence-electron chi connectivity index (χ3n) is 3.89. The Kier molecular flexibility index (Phi) is 6.88. The van der Waals surface area contributed by atoms with Gasteiger partial charge in [-0.3, -0.25) is 4.79 Å². The second-order valence-electron chi connectivity index (χ2n) is 5.98. The van der Waals surface area contributed by atoms with E-state index in [2.05, 4.69) is 4.90 Å². The van der Waals surface area contributed by atoms with Crippen molar-refractivity contribution < 1.29 is 14.3 Å². The molecule has 1 saturated heterocycles. The first kappa shape index (κ1) is 17.4. The summed E-state index contributed by atoms with van der Waals surface area (Å²) in [6.07, 6.45) is 0.939. The van der Waals surface area contributed by atoms with Gasteiger partial charge in [-0.2, -0.15) is 0 Å². The molecule has 1 aliphatic rings. The molecule has 20 heavy (non-hydrogen) atoms. The molecule has 0 aliphatic carbocycles. The zero-order valence-corrected chi connectivity index (χ0v) is 13.2. The zero-order chi connectivity index (χ0) is 15.2. The Bertz CT molecular complexity index is 312. The highest BCUT2D eigenvalue weighted by atomic mass is 16.5. The lowest BCUT2D eigenvalue weighted by molar-refractivity contribution is -0.142. The molecule has 6 nitrogen and oxygen atoms in total. The normalized spacial score (nSPS) is 26.2. The zero-order valence-electron chi connectivity index (χ0n) is 13.2.